The number of amides is 1. The van der Waals surface area contributed by atoms with Gasteiger partial charge in [-0.2, -0.15) is 0 Å². The number of rotatable bonds is 4. The lowest BCUT2D eigenvalue weighted by Crippen LogP contribution is -2.34. The lowest BCUT2D eigenvalue weighted by molar-refractivity contribution is -0.119. The van der Waals surface area contributed by atoms with Gasteiger partial charge >= 0.3 is 0 Å². The highest BCUT2D eigenvalue weighted by molar-refractivity contribution is 5.92. The molecule has 2 unspecified atom stereocenters. The average molecular weight is 234 g/mol. The van der Waals surface area contributed by atoms with Crippen LogP contribution in [0.1, 0.15) is 39.2 Å². The molecule has 3 N–H and O–H groups in total. The fourth-order valence-corrected chi connectivity index (χ4v) is 1.47. The van der Waals surface area contributed by atoms with Gasteiger partial charge in [0.25, 0.3) is 0 Å². The molecule has 0 saturated carbocycles. The molecule has 17 heavy (non-hydrogen) atoms. The number of anilines is 1. The minimum atomic E-state index is -0.183. The Hall–Kier alpha value is -1.35. The highest BCUT2D eigenvalue weighted by Gasteiger charge is 2.17. The van der Waals surface area contributed by atoms with E-state index in [-0.39, 0.29) is 17.9 Å². The summed E-state index contributed by atoms with van der Waals surface area (Å²) in [5.74, 6) is 0.247. The van der Waals surface area contributed by atoms with Crippen LogP contribution < -0.4 is 11.1 Å². The van der Waals surface area contributed by atoms with Crippen molar-refractivity contribution in [2.45, 2.75) is 39.7 Å². The maximum atomic E-state index is 11.8. The van der Waals surface area contributed by atoms with E-state index < -0.39 is 0 Å². The van der Waals surface area contributed by atoms with E-state index in [0.717, 1.165) is 5.69 Å². The summed E-state index contributed by atoms with van der Waals surface area (Å²) in [6, 6.07) is 7.80. The van der Waals surface area contributed by atoms with Crippen molar-refractivity contribution in [1.29, 1.82) is 0 Å². The molecule has 1 aromatic rings. The van der Waals surface area contributed by atoms with Crippen molar-refractivity contribution < 1.29 is 4.79 Å². The normalized spacial score (nSPS) is 14.5. The number of hydrogen-bond donors (Lipinski definition) is 2. The summed E-state index contributed by atoms with van der Waals surface area (Å²) in [6.07, 6.45) is 0. The zero-order chi connectivity index (χ0) is 13.0. The van der Waals surface area contributed by atoms with Crippen molar-refractivity contribution in [2.75, 3.05) is 5.32 Å². The van der Waals surface area contributed by atoms with Gasteiger partial charge in [-0.15, -0.1) is 0 Å². The van der Waals surface area contributed by atoms with Crippen LogP contribution >= 0.6 is 0 Å². The first-order chi connectivity index (χ1) is 7.91. The quantitative estimate of drug-likeness (QED) is 0.841. The molecule has 3 heteroatoms. The standard InChI is InChI=1S/C14H22N2O/c1-9(2)12-6-5-7-13(8-12)16-14(17)10(3)11(4)15/h5-11H,15H2,1-4H3,(H,16,17). The third-order valence-corrected chi connectivity index (χ3v) is 3.02. The summed E-state index contributed by atoms with van der Waals surface area (Å²) in [6.45, 7) is 7.94. The lowest BCUT2D eigenvalue weighted by atomic mass is 10.0. The summed E-state index contributed by atoms with van der Waals surface area (Å²) >= 11 is 0. The minimum absolute atomic E-state index is 0.0269. The number of nitrogens with two attached hydrogens (primary N) is 1. The van der Waals surface area contributed by atoms with E-state index in [0.29, 0.717) is 5.92 Å². The minimum Gasteiger partial charge on any atom is -0.327 e. The molecule has 0 spiro atoms. The van der Waals surface area contributed by atoms with Gasteiger partial charge in [0.2, 0.25) is 5.91 Å². The van der Waals surface area contributed by atoms with Crippen LogP contribution in [0.3, 0.4) is 0 Å². The maximum Gasteiger partial charge on any atom is 0.228 e. The fourth-order valence-electron chi connectivity index (χ4n) is 1.47. The van der Waals surface area contributed by atoms with Gasteiger partial charge in [-0.05, 0) is 30.5 Å². The van der Waals surface area contributed by atoms with Crippen molar-refractivity contribution in [2.24, 2.45) is 11.7 Å². The van der Waals surface area contributed by atoms with Crippen molar-refractivity contribution >= 4 is 11.6 Å². The van der Waals surface area contributed by atoms with Crippen LogP contribution in [0.2, 0.25) is 0 Å². The van der Waals surface area contributed by atoms with Crippen molar-refractivity contribution in [3.8, 4) is 0 Å². The summed E-state index contributed by atoms with van der Waals surface area (Å²) < 4.78 is 0. The summed E-state index contributed by atoms with van der Waals surface area (Å²) in [5.41, 5.74) is 7.77. The molecule has 0 aliphatic carbocycles. The summed E-state index contributed by atoms with van der Waals surface area (Å²) in [5, 5.41) is 2.90. The number of nitrogens with one attached hydrogen (secondary N) is 1. The van der Waals surface area contributed by atoms with E-state index >= 15 is 0 Å². The molecule has 94 valence electrons. The smallest absolute Gasteiger partial charge is 0.228 e. The predicted octanol–water partition coefficient (Wildman–Crippen LogP) is 2.73. The van der Waals surface area contributed by atoms with E-state index in [4.69, 9.17) is 5.73 Å². The molecule has 0 bridgehead atoms. The van der Waals surface area contributed by atoms with E-state index in [1.54, 1.807) is 0 Å². The van der Waals surface area contributed by atoms with Gasteiger partial charge in [0.15, 0.2) is 0 Å². The first kappa shape index (κ1) is 13.7. The second-order valence-corrected chi connectivity index (χ2v) is 4.92. The highest BCUT2D eigenvalue weighted by atomic mass is 16.1. The number of carbonyl (C=O) groups is 1. The molecule has 0 aromatic heterocycles. The second kappa shape index (κ2) is 5.82. The van der Waals surface area contributed by atoms with Gasteiger partial charge in [0, 0.05) is 11.7 Å². The molecule has 0 aliphatic heterocycles. The molecule has 1 rings (SSSR count). The van der Waals surface area contributed by atoms with Gasteiger partial charge in [-0.3, -0.25) is 4.79 Å². The molecule has 1 amide bonds. The van der Waals surface area contributed by atoms with Crippen LogP contribution in [0.4, 0.5) is 5.69 Å². The Morgan fingerprint density at radius 1 is 1.24 bits per heavy atom. The Morgan fingerprint density at radius 2 is 1.88 bits per heavy atom. The molecule has 0 radical (unpaired) electrons. The van der Waals surface area contributed by atoms with E-state index in [2.05, 4.69) is 25.2 Å². The molecule has 0 saturated heterocycles. The number of hydrogen-bond acceptors (Lipinski definition) is 2. The maximum absolute atomic E-state index is 11.8. The van der Waals surface area contributed by atoms with Crippen molar-refractivity contribution in [3.63, 3.8) is 0 Å². The van der Waals surface area contributed by atoms with Gasteiger partial charge < -0.3 is 11.1 Å². The predicted molar refractivity (Wildman–Crippen MR) is 72.0 cm³/mol. The van der Waals surface area contributed by atoms with Crippen LogP contribution in [0.5, 0.6) is 0 Å². The molecule has 0 fully saturated rings. The largest absolute Gasteiger partial charge is 0.327 e. The van der Waals surface area contributed by atoms with Gasteiger partial charge in [0.05, 0.1) is 5.92 Å². The second-order valence-electron chi connectivity index (χ2n) is 4.92. The third-order valence-electron chi connectivity index (χ3n) is 3.02. The van der Waals surface area contributed by atoms with Crippen LogP contribution in [0.25, 0.3) is 0 Å². The first-order valence-electron chi connectivity index (χ1n) is 6.08. The zero-order valence-corrected chi connectivity index (χ0v) is 11.0. The summed E-state index contributed by atoms with van der Waals surface area (Å²) in [7, 11) is 0. The van der Waals surface area contributed by atoms with Gasteiger partial charge in [-0.1, -0.05) is 32.9 Å². The van der Waals surface area contributed by atoms with E-state index in [1.807, 2.05) is 32.0 Å². The molecule has 3 nitrogen and oxygen atoms in total. The third kappa shape index (κ3) is 3.86. The van der Waals surface area contributed by atoms with Gasteiger partial charge in [0.1, 0.15) is 0 Å². The number of benzene rings is 1. The van der Waals surface area contributed by atoms with Crippen LogP contribution in [-0.2, 0) is 4.79 Å². The SMILES string of the molecule is CC(C)c1cccc(NC(=O)C(C)C(C)N)c1. The molecule has 0 aliphatic rings. The van der Waals surface area contributed by atoms with Crippen LogP contribution in [-0.4, -0.2) is 11.9 Å². The Morgan fingerprint density at radius 3 is 2.41 bits per heavy atom. The zero-order valence-electron chi connectivity index (χ0n) is 11.0. The first-order valence-corrected chi connectivity index (χ1v) is 6.08. The fraction of sp³-hybridized carbons (Fsp3) is 0.500. The molecular weight excluding hydrogens is 212 g/mol. The molecular formula is C14H22N2O. The Balaban J connectivity index is 2.75. The van der Waals surface area contributed by atoms with Crippen molar-refractivity contribution in [3.05, 3.63) is 29.8 Å². The topological polar surface area (TPSA) is 55.1 Å². The highest BCUT2D eigenvalue weighted by Crippen LogP contribution is 2.19. The average Bonchev–Trinajstić information content (AvgIpc) is 2.28. The molecule has 0 heterocycles. The Kier molecular flexibility index (Phi) is 4.70. The molecule has 2 atom stereocenters. The molecule has 1 aromatic carbocycles. The van der Waals surface area contributed by atoms with E-state index in [9.17, 15) is 4.79 Å². The summed E-state index contributed by atoms with van der Waals surface area (Å²) in [4.78, 5) is 11.8. The Labute approximate surface area is 103 Å². The van der Waals surface area contributed by atoms with Gasteiger partial charge in [-0.25, -0.2) is 0 Å². The van der Waals surface area contributed by atoms with Crippen LogP contribution in [0, 0.1) is 5.92 Å². The monoisotopic (exact) mass is 234 g/mol. The Bertz CT molecular complexity index is 386. The lowest BCUT2D eigenvalue weighted by Gasteiger charge is -2.16. The number of carbonyl (C=O) groups excluding carboxylic acids is 1. The van der Waals surface area contributed by atoms with Crippen molar-refractivity contribution in [1.82, 2.24) is 0 Å². The van der Waals surface area contributed by atoms with Crippen LogP contribution in [0.15, 0.2) is 24.3 Å². The van der Waals surface area contributed by atoms with E-state index in [1.165, 1.54) is 5.56 Å².